The summed E-state index contributed by atoms with van der Waals surface area (Å²) >= 11 is 0. The van der Waals surface area contributed by atoms with E-state index in [2.05, 4.69) is 212 Å². The highest BCUT2D eigenvalue weighted by Gasteiger charge is 2.44. The Morgan fingerprint density at radius 3 is 2.02 bits per heavy atom. The lowest BCUT2D eigenvalue weighted by molar-refractivity contribution is 0.394. The minimum absolute atomic E-state index is 0.0383. The molecule has 0 saturated heterocycles. The molecule has 3 aliphatic carbocycles. The Hall–Kier alpha value is -6.12. The Balaban J connectivity index is 1.06. The molecule has 262 valence electrons. The predicted molar refractivity (Wildman–Crippen MR) is 229 cm³/mol. The zero-order chi connectivity index (χ0) is 36.4. The molecule has 3 aliphatic rings. The highest BCUT2D eigenvalue weighted by molar-refractivity contribution is 6.10. The van der Waals surface area contributed by atoms with Gasteiger partial charge in [-0.15, -0.1) is 0 Å². The lowest BCUT2D eigenvalue weighted by atomic mass is 9.74. The standard InChI is InChI=1S/C52H44N2/c1-35-12-11-13-38(32-35)36-20-25-41(26-21-36)53(43-29-30-45-44-16-7-9-18-48(44)52(2,3)49(45)34-43)42-27-22-37(23-28-42)39-24-31-51-47(33-39)46-17-8-10-19-50(46)54(51)40-14-5-4-6-15-40/h4-31,33-35,44,48H,32H2,1-3H3. The van der Waals surface area contributed by atoms with Crippen molar-refractivity contribution in [3.63, 3.8) is 0 Å². The fourth-order valence-electron chi connectivity index (χ4n) is 9.45. The first-order valence-corrected chi connectivity index (χ1v) is 19.4. The predicted octanol–water partition coefficient (Wildman–Crippen LogP) is 14.0. The summed E-state index contributed by atoms with van der Waals surface area (Å²) in [5, 5.41) is 2.53. The molecule has 1 aromatic heterocycles. The van der Waals surface area contributed by atoms with Gasteiger partial charge < -0.3 is 9.47 Å². The maximum atomic E-state index is 2.46. The molecule has 1 heterocycles. The van der Waals surface area contributed by atoms with Gasteiger partial charge in [-0.1, -0.05) is 136 Å². The number of hydrogen-bond acceptors (Lipinski definition) is 1. The minimum Gasteiger partial charge on any atom is -0.310 e. The fourth-order valence-corrected chi connectivity index (χ4v) is 9.45. The summed E-state index contributed by atoms with van der Waals surface area (Å²) in [6.07, 6.45) is 17.1. The van der Waals surface area contributed by atoms with Crippen LogP contribution in [0.1, 0.15) is 49.8 Å². The summed E-state index contributed by atoms with van der Waals surface area (Å²) in [7, 11) is 0. The minimum atomic E-state index is 0.0383. The number of benzene rings is 6. The van der Waals surface area contributed by atoms with Crippen LogP contribution in [-0.2, 0) is 5.41 Å². The first-order valence-electron chi connectivity index (χ1n) is 19.4. The van der Waals surface area contributed by atoms with Crippen molar-refractivity contribution < 1.29 is 0 Å². The molecular formula is C52H44N2. The van der Waals surface area contributed by atoms with Crippen LogP contribution in [0.4, 0.5) is 17.1 Å². The van der Waals surface area contributed by atoms with Crippen LogP contribution in [0.15, 0.2) is 182 Å². The van der Waals surface area contributed by atoms with Gasteiger partial charge in [0.15, 0.2) is 0 Å². The van der Waals surface area contributed by atoms with E-state index in [9.17, 15) is 0 Å². The van der Waals surface area contributed by atoms with Crippen LogP contribution in [0.3, 0.4) is 0 Å². The highest BCUT2D eigenvalue weighted by Crippen LogP contribution is 2.54. The topological polar surface area (TPSA) is 8.17 Å². The zero-order valence-electron chi connectivity index (χ0n) is 31.2. The van der Waals surface area contributed by atoms with Crippen LogP contribution in [0.5, 0.6) is 0 Å². The number of allylic oxidation sites excluding steroid dienone is 8. The number of hydrogen-bond donors (Lipinski definition) is 0. The summed E-state index contributed by atoms with van der Waals surface area (Å²) in [5.41, 5.74) is 15.2. The number of anilines is 3. The second-order valence-electron chi connectivity index (χ2n) is 15.9. The average Bonchev–Trinajstić information content (AvgIpc) is 3.67. The summed E-state index contributed by atoms with van der Waals surface area (Å²) in [6.45, 7) is 7.12. The smallest absolute Gasteiger partial charge is 0.0541 e. The van der Waals surface area contributed by atoms with E-state index in [4.69, 9.17) is 0 Å². The van der Waals surface area contributed by atoms with E-state index in [-0.39, 0.29) is 5.41 Å². The van der Waals surface area contributed by atoms with Gasteiger partial charge in [0.05, 0.1) is 11.0 Å². The average molecular weight is 697 g/mol. The van der Waals surface area contributed by atoms with Crippen molar-refractivity contribution in [1.82, 2.24) is 4.57 Å². The highest BCUT2D eigenvalue weighted by atomic mass is 15.1. The van der Waals surface area contributed by atoms with Gasteiger partial charge in [0, 0.05) is 39.4 Å². The molecule has 7 aromatic rings. The van der Waals surface area contributed by atoms with Crippen LogP contribution in [-0.4, -0.2) is 4.57 Å². The molecule has 0 amide bonds. The van der Waals surface area contributed by atoms with Gasteiger partial charge in [-0.3, -0.25) is 0 Å². The number of rotatable bonds is 6. The molecule has 54 heavy (non-hydrogen) atoms. The molecular weight excluding hydrogens is 653 g/mol. The first kappa shape index (κ1) is 32.5. The first-order chi connectivity index (χ1) is 26.4. The molecule has 0 spiro atoms. The molecule has 2 nitrogen and oxygen atoms in total. The Morgan fingerprint density at radius 1 is 0.574 bits per heavy atom. The van der Waals surface area contributed by atoms with E-state index in [0.717, 1.165) is 17.8 Å². The van der Waals surface area contributed by atoms with Crippen molar-refractivity contribution >= 4 is 44.4 Å². The number of nitrogens with zero attached hydrogens (tertiary/aromatic N) is 2. The van der Waals surface area contributed by atoms with E-state index >= 15 is 0 Å². The van der Waals surface area contributed by atoms with Crippen molar-refractivity contribution in [1.29, 1.82) is 0 Å². The quantitative estimate of drug-likeness (QED) is 0.168. The molecule has 0 radical (unpaired) electrons. The molecule has 0 aliphatic heterocycles. The van der Waals surface area contributed by atoms with Crippen LogP contribution in [0, 0.1) is 11.8 Å². The molecule has 10 rings (SSSR count). The third-order valence-corrected chi connectivity index (χ3v) is 12.2. The Labute approximate surface area is 318 Å². The molecule has 2 heteroatoms. The van der Waals surface area contributed by atoms with Crippen molar-refractivity contribution in [3.05, 3.63) is 199 Å². The Morgan fingerprint density at radius 2 is 1.24 bits per heavy atom. The lowest BCUT2D eigenvalue weighted by Gasteiger charge is -2.30. The third-order valence-electron chi connectivity index (χ3n) is 12.2. The normalized spacial score (nSPS) is 19.5. The maximum Gasteiger partial charge on any atom is 0.0541 e. The third kappa shape index (κ3) is 5.31. The summed E-state index contributed by atoms with van der Waals surface area (Å²) in [5.74, 6) is 1.46. The van der Waals surface area contributed by atoms with Gasteiger partial charge in [0.2, 0.25) is 0 Å². The van der Waals surface area contributed by atoms with Gasteiger partial charge in [0.1, 0.15) is 0 Å². The van der Waals surface area contributed by atoms with Crippen molar-refractivity contribution in [2.45, 2.75) is 38.5 Å². The molecule has 3 atom stereocenters. The second-order valence-corrected chi connectivity index (χ2v) is 15.9. The fraction of sp³-hybridized carbons (Fsp3) is 0.154. The number of para-hydroxylation sites is 2. The molecule has 0 N–H and O–H groups in total. The van der Waals surface area contributed by atoms with Crippen LogP contribution in [0.2, 0.25) is 0 Å². The van der Waals surface area contributed by atoms with E-state index in [1.807, 2.05) is 0 Å². The van der Waals surface area contributed by atoms with Gasteiger partial charge in [-0.05, 0) is 124 Å². The maximum absolute atomic E-state index is 2.46. The van der Waals surface area contributed by atoms with E-state index < -0.39 is 0 Å². The summed E-state index contributed by atoms with van der Waals surface area (Å²) < 4.78 is 2.38. The second kappa shape index (κ2) is 12.8. The van der Waals surface area contributed by atoms with Crippen molar-refractivity contribution in [3.8, 4) is 16.8 Å². The molecule has 0 saturated carbocycles. The van der Waals surface area contributed by atoms with Gasteiger partial charge in [0.25, 0.3) is 0 Å². The van der Waals surface area contributed by atoms with Gasteiger partial charge >= 0.3 is 0 Å². The largest absolute Gasteiger partial charge is 0.310 e. The van der Waals surface area contributed by atoms with Crippen molar-refractivity contribution in [2.24, 2.45) is 11.8 Å². The van der Waals surface area contributed by atoms with Crippen LogP contribution < -0.4 is 4.90 Å². The summed E-state index contributed by atoms with van der Waals surface area (Å²) in [4.78, 5) is 2.44. The monoisotopic (exact) mass is 696 g/mol. The number of fused-ring (bicyclic) bond motifs is 6. The molecule has 6 aromatic carbocycles. The SMILES string of the molecule is CC1C=CC=C(c2ccc(N(c3ccc(-c4ccc5c(c4)c4ccccc4n5-c4ccccc4)cc3)c3ccc4c(c3)C(C)(C)C3C=CC=CC43)cc2)C1. The molecule has 0 fully saturated rings. The van der Waals surface area contributed by atoms with E-state index in [1.54, 1.807) is 0 Å². The van der Waals surface area contributed by atoms with E-state index in [1.165, 1.54) is 66.6 Å². The van der Waals surface area contributed by atoms with Crippen LogP contribution in [0.25, 0.3) is 44.2 Å². The van der Waals surface area contributed by atoms with Crippen LogP contribution >= 0.6 is 0 Å². The number of aromatic nitrogens is 1. The van der Waals surface area contributed by atoms with E-state index in [0.29, 0.717) is 17.8 Å². The Bertz CT molecular complexity index is 2660. The lowest BCUT2D eigenvalue weighted by Crippen LogP contribution is -2.24. The molecule has 3 unspecified atom stereocenters. The van der Waals surface area contributed by atoms with Gasteiger partial charge in [-0.2, -0.15) is 0 Å². The van der Waals surface area contributed by atoms with Crippen molar-refractivity contribution in [2.75, 3.05) is 4.90 Å². The zero-order valence-corrected chi connectivity index (χ0v) is 31.2. The molecule has 0 bridgehead atoms. The van der Waals surface area contributed by atoms with Gasteiger partial charge in [-0.25, -0.2) is 0 Å². The summed E-state index contributed by atoms with van der Waals surface area (Å²) in [6, 6.07) is 51.9. The Kier molecular flexibility index (Phi) is 7.70.